The lowest BCUT2D eigenvalue weighted by Crippen LogP contribution is -2.24. The van der Waals surface area contributed by atoms with Gasteiger partial charge in [-0.25, -0.2) is 0 Å². The highest BCUT2D eigenvalue weighted by Crippen LogP contribution is 2.49. The van der Waals surface area contributed by atoms with E-state index >= 15 is 0 Å². The second kappa shape index (κ2) is 5.31. The number of hydrogen-bond acceptors (Lipinski definition) is 1. The molecule has 0 aliphatic heterocycles. The lowest BCUT2D eigenvalue weighted by molar-refractivity contribution is 0.311. The third kappa shape index (κ3) is 3.05. The Bertz CT molecular complexity index is 401. The van der Waals surface area contributed by atoms with Crippen LogP contribution in [-0.4, -0.2) is 12.4 Å². The first-order valence-corrected chi connectivity index (χ1v) is 7.89. The Balaban J connectivity index is 2.24. The topological polar surface area (TPSA) is 9.23 Å². The molecule has 2 rings (SSSR count). The molecule has 1 fully saturated rings. The molecule has 1 atom stereocenters. The predicted octanol–water partition coefficient (Wildman–Crippen LogP) is 4.81. The smallest absolute Gasteiger partial charge is 0.122 e. The molecular formula is C14H18Br2O. The van der Waals surface area contributed by atoms with Crippen LogP contribution in [0.1, 0.15) is 25.3 Å². The predicted molar refractivity (Wildman–Crippen MR) is 79.0 cm³/mol. The molecule has 1 aliphatic carbocycles. The molecule has 0 N–H and O–H groups in total. The van der Waals surface area contributed by atoms with E-state index in [1.54, 1.807) is 7.11 Å². The number of halogens is 2. The first kappa shape index (κ1) is 13.4. The van der Waals surface area contributed by atoms with Crippen LogP contribution in [0.25, 0.3) is 0 Å². The van der Waals surface area contributed by atoms with Crippen LogP contribution < -0.4 is 4.74 Å². The maximum absolute atomic E-state index is 5.45. The third-order valence-corrected chi connectivity index (χ3v) is 5.48. The van der Waals surface area contributed by atoms with Crippen LogP contribution >= 0.6 is 31.9 Å². The Morgan fingerprint density at radius 1 is 1.41 bits per heavy atom. The van der Waals surface area contributed by atoms with Crippen molar-refractivity contribution >= 4 is 31.9 Å². The van der Waals surface area contributed by atoms with Gasteiger partial charge in [-0.05, 0) is 54.4 Å². The van der Waals surface area contributed by atoms with Gasteiger partial charge in [0.1, 0.15) is 5.75 Å². The van der Waals surface area contributed by atoms with E-state index in [4.69, 9.17) is 4.74 Å². The Hall–Kier alpha value is -0.0200. The molecule has 0 radical (unpaired) electrons. The molecule has 1 saturated carbocycles. The zero-order chi connectivity index (χ0) is 12.5. The van der Waals surface area contributed by atoms with Gasteiger partial charge in [-0.15, -0.1) is 0 Å². The maximum Gasteiger partial charge on any atom is 0.122 e. The second-order valence-electron chi connectivity index (χ2n) is 5.19. The van der Waals surface area contributed by atoms with Crippen molar-refractivity contribution in [1.29, 1.82) is 0 Å². The maximum atomic E-state index is 5.45. The molecule has 1 unspecified atom stereocenters. The van der Waals surface area contributed by atoms with Crippen molar-refractivity contribution in [2.75, 3.05) is 12.4 Å². The van der Waals surface area contributed by atoms with Gasteiger partial charge in [0.05, 0.1) is 7.11 Å². The molecule has 17 heavy (non-hydrogen) atoms. The summed E-state index contributed by atoms with van der Waals surface area (Å²) in [5.41, 5.74) is 1.66. The number of methoxy groups -OCH3 is 1. The van der Waals surface area contributed by atoms with Crippen molar-refractivity contribution < 1.29 is 4.74 Å². The third-order valence-electron chi connectivity index (χ3n) is 3.70. The monoisotopic (exact) mass is 360 g/mol. The molecule has 0 heterocycles. The number of alkyl halides is 1. The Morgan fingerprint density at radius 2 is 2.12 bits per heavy atom. The summed E-state index contributed by atoms with van der Waals surface area (Å²) < 4.78 is 6.58. The van der Waals surface area contributed by atoms with Crippen molar-refractivity contribution in [3.05, 3.63) is 28.2 Å². The molecular weight excluding hydrogens is 344 g/mol. The lowest BCUT2D eigenvalue weighted by Gasteiger charge is -2.28. The van der Waals surface area contributed by atoms with Gasteiger partial charge in [-0.3, -0.25) is 0 Å². The number of benzene rings is 1. The molecule has 94 valence electrons. The molecule has 0 aromatic heterocycles. The Kier molecular flexibility index (Phi) is 4.19. The number of rotatable bonds is 5. The fraction of sp³-hybridized carbons (Fsp3) is 0.571. The highest BCUT2D eigenvalue weighted by atomic mass is 79.9. The molecule has 0 saturated heterocycles. The van der Waals surface area contributed by atoms with E-state index in [0.29, 0.717) is 5.41 Å². The molecule has 1 aromatic carbocycles. The molecule has 1 aromatic rings. The van der Waals surface area contributed by atoms with Crippen LogP contribution in [0.3, 0.4) is 0 Å². The summed E-state index contributed by atoms with van der Waals surface area (Å²) in [5, 5.41) is 1.06. The van der Waals surface area contributed by atoms with E-state index in [0.717, 1.165) is 27.9 Å². The zero-order valence-electron chi connectivity index (χ0n) is 10.3. The van der Waals surface area contributed by atoms with Crippen LogP contribution in [0.5, 0.6) is 5.75 Å². The van der Waals surface area contributed by atoms with Crippen LogP contribution in [0, 0.1) is 11.3 Å². The van der Waals surface area contributed by atoms with Gasteiger partial charge in [-0.1, -0.05) is 38.8 Å². The fourth-order valence-corrected chi connectivity index (χ4v) is 3.47. The van der Waals surface area contributed by atoms with Gasteiger partial charge in [0, 0.05) is 9.80 Å². The van der Waals surface area contributed by atoms with Gasteiger partial charge in [0.25, 0.3) is 0 Å². The van der Waals surface area contributed by atoms with Gasteiger partial charge >= 0.3 is 0 Å². The Morgan fingerprint density at radius 3 is 2.65 bits per heavy atom. The Labute approximate surface area is 120 Å². The first-order valence-electron chi connectivity index (χ1n) is 5.97. The van der Waals surface area contributed by atoms with E-state index < -0.39 is 0 Å². The van der Waals surface area contributed by atoms with Crippen molar-refractivity contribution in [3.63, 3.8) is 0 Å². The number of ether oxygens (including phenoxy) is 1. The lowest BCUT2D eigenvalue weighted by atomic mass is 9.81. The minimum atomic E-state index is 0.355. The van der Waals surface area contributed by atoms with Crippen LogP contribution in [0.4, 0.5) is 0 Å². The standard InChI is InChI=1S/C14H18Br2O/c1-14(9-15,11-3-4-11)8-10-7-12(16)5-6-13(10)17-2/h5-7,11H,3-4,8-9H2,1-2H3. The van der Waals surface area contributed by atoms with E-state index in [9.17, 15) is 0 Å². The van der Waals surface area contributed by atoms with Crippen LogP contribution in [-0.2, 0) is 6.42 Å². The van der Waals surface area contributed by atoms with E-state index in [1.807, 2.05) is 12.1 Å². The highest BCUT2D eigenvalue weighted by molar-refractivity contribution is 9.10. The van der Waals surface area contributed by atoms with Gasteiger partial charge in [0.15, 0.2) is 0 Å². The quantitative estimate of drug-likeness (QED) is 0.683. The largest absolute Gasteiger partial charge is 0.496 e. The normalized spacial score (nSPS) is 18.8. The summed E-state index contributed by atoms with van der Waals surface area (Å²) >= 11 is 7.22. The SMILES string of the molecule is COc1ccc(Br)cc1CC(C)(CBr)C1CC1. The summed E-state index contributed by atoms with van der Waals surface area (Å²) in [6, 6.07) is 6.26. The van der Waals surface area contributed by atoms with Crippen LogP contribution in [0.15, 0.2) is 22.7 Å². The van der Waals surface area contributed by atoms with Gasteiger partial charge in [0.2, 0.25) is 0 Å². The molecule has 0 bridgehead atoms. The van der Waals surface area contributed by atoms with Gasteiger partial charge < -0.3 is 4.74 Å². The summed E-state index contributed by atoms with van der Waals surface area (Å²) in [5.74, 6) is 1.87. The van der Waals surface area contributed by atoms with Crippen molar-refractivity contribution in [1.82, 2.24) is 0 Å². The van der Waals surface area contributed by atoms with Crippen molar-refractivity contribution in [2.45, 2.75) is 26.2 Å². The second-order valence-corrected chi connectivity index (χ2v) is 6.67. The minimum Gasteiger partial charge on any atom is -0.496 e. The summed E-state index contributed by atoms with van der Waals surface area (Å²) in [7, 11) is 1.75. The van der Waals surface area contributed by atoms with E-state index in [2.05, 4.69) is 44.8 Å². The summed E-state index contributed by atoms with van der Waals surface area (Å²) in [6.07, 6.45) is 3.82. The molecule has 1 nitrogen and oxygen atoms in total. The highest BCUT2D eigenvalue weighted by Gasteiger charge is 2.41. The first-order chi connectivity index (χ1) is 8.09. The van der Waals surface area contributed by atoms with Crippen molar-refractivity contribution in [3.8, 4) is 5.75 Å². The minimum absolute atomic E-state index is 0.355. The van der Waals surface area contributed by atoms with Crippen molar-refractivity contribution in [2.24, 2.45) is 11.3 Å². The van der Waals surface area contributed by atoms with Gasteiger partial charge in [-0.2, -0.15) is 0 Å². The van der Waals surface area contributed by atoms with E-state index in [-0.39, 0.29) is 0 Å². The zero-order valence-corrected chi connectivity index (χ0v) is 13.5. The molecule has 1 aliphatic rings. The van der Waals surface area contributed by atoms with E-state index in [1.165, 1.54) is 18.4 Å². The summed E-state index contributed by atoms with van der Waals surface area (Å²) in [4.78, 5) is 0. The molecule has 3 heteroatoms. The number of hydrogen-bond donors (Lipinski definition) is 0. The average Bonchev–Trinajstić information content (AvgIpc) is 3.13. The molecule has 0 amide bonds. The fourth-order valence-electron chi connectivity index (χ4n) is 2.40. The average molecular weight is 362 g/mol. The molecule has 0 spiro atoms. The summed E-state index contributed by atoms with van der Waals surface area (Å²) in [6.45, 7) is 2.37. The van der Waals surface area contributed by atoms with Crippen LogP contribution in [0.2, 0.25) is 0 Å².